The van der Waals surface area contributed by atoms with E-state index in [1.54, 1.807) is 6.92 Å². The van der Waals surface area contributed by atoms with Crippen molar-refractivity contribution in [1.29, 1.82) is 0 Å². The Labute approximate surface area is 80.8 Å². The summed E-state index contributed by atoms with van der Waals surface area (Å²) in [6, 6.07) is -0.870. The van der Waals surface area contributed by atoms with Gasteiger partial charge in [-0.2, -0.15) is 11.8 Å². The number of hydrogen-bond acceptors (Lipinski definition) is 4. The molecule has 1 amide bonds. The number of aliphatic carboxylic acids is 1. The van der Waals surface area contributed by atoms with Crippen LogP contribution in [0.1, 0.15) is 6.92 Å². The molecule has 0 fully saturated rings. The number of carboxylic acid groups (broad SMARTS) is 1. The number of nitrogens with two attached hydrogens (primary N) is 2. The van der Waals surface area contributed by atoms with Gasteiger partial charge in [0.2, 0.25) is 5.91 Å². The highest BCUT2D eigenvalue weighted by Gasteiger charge is 2.13. The van der Waals surface area contributed by atoms with Crippen LogP contribution in [0.5, 0.6) is 0 Å². The van der Waals surface area contributed by atoms with Crippen molar-refractivity contribution in [1.82, 2.24) is 0 Å². The topological polar surface area (TPSA) is 106 Å². The molecule has 0 radical (unpaired) electrons. The first-order valence-electron chi connectivity index (χ1n) is 3.80. The minimum atomic E-state index is -1.03. The van der Waals surface area contributed by atoms with Crippen LogP contribution in [0, 0.1) is 5.92 Å². The Hall–Kier alpha value is -0.750. The lowest BCUT2D eigenvalue weighted by Crippen LogP contribution is -2.33. The third-order valence-corrected chi connectivity index (χ3v) is 2.80. The van der Waals surface area contributed by atoms with E-state index in [0.717, 1.165) is 0 Å². The molecule has 0 heterocycles. The van der Waals surface area contributed by atoms with Gasteiger partial charge in [-0.05, 0) is 0 Å². The molecule has 1 unspecified atom stereocenters. The third-order valence-electron chi connectivity index (χ3n) is 1.47. The molecule has 0 rings (SSSR count). The molecule has 0 aliphatic carbocycles. The van der Waals surface area contributed by atoms with E-state index in [2.05, 4.69) is 0 Å². The maximum absolute atomic E-state index is 10.6. The molecule has 0 aromatic rings. The zero-order valence-corrected chi connectivity index (χ0v) is 8.21. The van der Waals surface area contributed by atoms with Crippen molar-refractivity contribution in [3.05, 3.63) is 0 Å². The van der Waals surface area contributed by atoms with E-state index in [9.17, 15) is 9.59 Å². The first kappa shape index (κ1) is 12.2. The smallest absolute Gasteiger partial charge is 0.321 e. The molecule has 0 aliphatic rings. The molecule has 0 saturated heterocycles. The van der Waals surface area contributed by atoms with E-state index in [-0.39, 0.29) is 11.8 Å². The summed E-state index contributed by atoms with van der Waals surface area (Å²) in [5, 5.41) is 8.43. The fraction of sp³-hybridized carbons (Fsp3) is 0.714. The predicted octanol–water partition coefficient (Wildman–Crippen LogP) is -0.747. The fourth-order valence-corrected chi connectivity index (χ4v) is 1.58. The van der Waals surface area contributed by atoms with E-state index in [4.69, 9.17) is 16.6 Å². The molecule has 2 atom stereocenters. The Morgan fingerprint density at radius 2 is 2.00 bits per heavy atom. The van der Waals surface area contributed by atoms with Crippen molar-refractivity contribution in [2.24, 2.45) is 17.4 Å². The van der Waals surface area contributed by atoms with E-state index in [0.29, 0.717) is 11.5 Å². The standard InChI is InChI=1S/C7H14N2O3S/c1-4(6(9)10)2-13-3-5(8)7(11)12/h4-5H,2-3,8H2,1H3,(H2,9,10)(H,11,12)/t4?,5-/m1/s1. The maximum atomic E-state index is 10.6. The van der Waals surface area contributed by atoms with Crippen molar-refractivity contribution in [2.75, 3.05) is 11.5 Å². The van der Waals surface area contributed by atoms with Gasteiger partial charge in [0.15, 0.2) is 0 Å². The molecule has 0 saturated carbocycles. The van der Waals surface area contributed by atoms with E-state index >= 15 is 0 Å². The first-order valence-corrected chi connectivity index (χ1v) is 4.96. The van der Waals surface area contributed by atoms with Gasteiger partial charge >= 0.3 is 5.97 Å². The second-order valence-electron chi connectivity index (χ2n) is 2.79. The average Bonchev–Trinajstić information content (AvgIpc) is 2.03. The number of hydrogen-bond donors (Lipinski definition) is 3. The maximum Gasteiger partial charge on any atom is 0.321 e. The number of carbonyl (C=O) groups excluding carboxylic acids is 1. The number of carbonyl (C=O) groups is 2. The van der Waals surface area contributed by atoms with Crippen molar-refractivity contribution in [3.63, 3.8) is 0 Å². The molecular formula is C7H14N2O3S. The SMILES string of the molecule is CC(CSC[C@@H](N)C(=O)O)C(N)=O. The first-order chi connectivity index (χ1) is 5.95. The molecule has 6 heteroatoms. The molecular weight excluding hydrogens is 192 g/mol. The monoisotopic (exact) mass is 206 g/mol. The van der Waals surface area contributed by atoms with E-state index < -0.39 is 12.0 Å². The number of amides is 1. The van der Waals surface area contributed by atoms with Crippen LogP contribution in [0.4, 0.5) is 0 Å². The number of carboxylic acids is 1. The Morgan fingerprint density at radius 3 is 2.38 bits per heavy atom. The molecule has 0 spiro atoms. The molecule has 76 valence electrons. The Bertz CT molecular complexity index is 178. The third kappa shape index (κ3) is 5.48. The number of rotatable bonds is 6. The van der Waals surface area contributed by atoms with Gasteiger partial charge in [0.25, 0.3) is 0 Å². The Kier molecular flexibility index (Phi) is 5.48. The Morgan fingerprint density at radius 1 is 1.46 bits per heavy atom. The summed E-state index contributed by atoms with van der Waals surface area (Å²) < 4.78 is 0. The van der Waals surface area contributed by atoms with Gasteiger partial charge in [0.05, 0.1) is 0 Å². The molecule has 5 N–H and O–H groups in total. The molecule has 0 aromatic heterocycles. The van der Waals surface area contributed by atoms with Crippen LogP contribution in [-0.2, 0) is 9.59 Å². The average molecular weight is 206 g/mol. The van der Waals surface area contributed by atoms with Crippen LogP contribution in [0.25, 0.3) is 0 Å². The largest absolute Gasteiger partial charge is 0.480 e. The van der Waals surface area contributed by atoms with Gasteiger partial charge in [-0.15, -0.1) is 0 Å². The van der Waals surface area contributed by atoms with Gasteiger partial charge < -0.3 is 16.6 Å². The lowest BCUT2D eigenvalue weighted by molar-refractivity contribution is -0.137. The highest BCUT2D eigenvalue weighted by atomic mass is 32.2. The molecule has 0 aliphatic heterocycles. The van der Waals surface area contributed by atoms with E-state index in [1.165, 1.54) is 11.8 Å². The quantitative estimate of drug-likeness (QED) is 0.530. The normalized spacial score (nSPS) is 14.9. The van der Waals surface area contributed by atoms with Crippen molar-refractivity contribution in [3.8, 4) is 0 Å². The van der Waals surface area contributed by atoms with Crippen LogP contribution in [0.15, 0.2) is 0 Å². The highest BCUT2D eigenvalue weighted by Crippen LogP contribution is 2.08. The summed E-state index contributed by atoms with van der Waals surface area (Å²) in [4.78, 5) is 20.8. The lowest BCUT2D eigenvalue weighted by atomic mass is 10.2. The minimum absolute atomic E-state index is 0.244. The summed E-state index contributed by atoms with van der Waals surface area (Å²) >= 11 is 1.32. The molecule has 0 bridgehead atoms. The van der Waals surface area contributed by atoms with Crippen LogP contribution in [-0.4, -0.2) is 34.5 Å². The summed E-state index contributed by atoms with van der Waals surface area (Å²) in [6.07, 6.45) is 0. The predicted molar refractivity (Wildman–Crippen MR) is 51.3 cm³/mol. The second-order valence-corrected chi connectivity index (χ2v) is 3.86. The Balaban J connectivity index is 3.56. The summed E-state index contributed by atoms with van der Waals surface area (Å²) in [7, 11) is 0. The number of primary amides is 1. The molecule has 13 heavy (non-hydrogen) atoms. The van der Waals surface area contributed by atoms with Gasteiger partial charge in [-0.1, -0.05) is 6.92 Å². The minimum Gasteiger partial charge on any atom is -0.480 e. The van der Waals surface area contributed by atoms with Crippen LogP contribution in [0.3, 0.4) is 0 Å². The summed E-state index contributed by atoms with van der Waals surface area (Å²) in [5.74, 6) is -0.842. The zero-order chi connectivity index (χ0) is 10.4. The summed E-state index contributed by atoms with van der Waals surface area (Å²) in [5.41, 5.74) is 10.3. The van der Waals surface area contributed by atoms with E-state index in [1.807, 2.05) is 0 Å². The fourth-order valence-electron chi connectivity index (χ4n) is 0.525. The lowest BCUT2D eigenvalue weighted by Gasteiger charge is -2.08. The van der Waals surface area contributed by atoms with Crippen LogP contribution in [0.2, 0.25) is 0 Å². The van der Waals surface area contributed by atoms with Crippen molar-refractivity contribution >= 4 is 23.6 Å². The van der Waals surface area contributed by atoms with Crippen molar-refractivity contribution in [2.45, 2.75) is 13.0 Å². The zero-order valence-electron chi connectivity index (χ0n) is 7.40. The van der Waals surface area contributed by atoms with Crippen LogP contribution < -0.4 is 11.5 Å². The summed E-state index contributed by atoms with van der Waals surface area (Å²) in [6.45, 7) is 1.70. The van der Waals surface area contributed by atoms with Crippen molar-refractivity contribution < 1.29 is 14.7 Å². The van der Waals surface area contributed by atoms with Gasteiger partial charge in [-0.3, -0.25) is 9.59 Å². The van der Waals surface area contributed by atoms with Gasteiger partial charge in [0, 0.05) is 17.4 Å². The molecule has 0 aromatic carbocycles. The van der Waals surface area contributed by atoms with Gasteiger partial charge in [-0.25, -0.2) is 0 Å². The number of thioether (sulfide) groups is 1. The van der Waals surface area contributed by atoms with Crippen LogP contribution >= 0.6 is 11.8 Å². The second kappa shape index (κ2) is 5.82. The highest BCUT2D eigenvalue weighted by molar-refractivity contribution is 7.99. The molecule has 5 nitrogen and oxygen atoms in total. The van der Waals surface area contributed by atoms with Gasteiger partial charge in [0.1, 0.15) is 6.04 Å².